The molecule has 1 atom stereocenters. The standard InChI is InChI=1S/C10H15ClN2O2S2/c1-3-8(7-16-2)13-17(14,15)9-4-5-10(11)12-6-9/h4-6,8,13H,3,7H2,1-2H3. The molecule has 0 aliphatic carbocycles. The molecule has 0 spiro atoms. The molecule has 0 radical (unpaired) electrons. The quantitative estimate of drug-likeness (QED) is 0.817. The minimum atomic E-state index is -3.50. The summed E-state index contributed by atoms with van der Waals surface area (Å²) in [5.74, 6) is 0.747. The SMILES string of the molecule is CCC(CSC)NS(=O)(=O)c1ccc(Cl)nc1. The highest BCUT2D eigenvalue weighted by atomic mass is 35.5. The van der Waals surface area contributed by atoms with Gasteiger partial charge in [-0.1, -0.05) is 18.5 Å². The van der Waals surface area contributed by atoms with E-state index in [1.54, 1.807) is 11.8 Å². The lowest BCUT2D eigenvalue weighted by molar-refractivity contribution is 0.558. The molecular formula is C10H15ClN2O2S2. The number of halogens is 1. The summed E-state index contributed by atoms with van der Waals surface area (Å²) in [4.78, 5) is 3.91. The molecule has 96 valence electrons. The van der Waals surface area contributed by atoms with Crippen molar-refractivity contribution in [3.8, 4) is 0 Å². The van der Waals surface area contributed by atoms with E-state index in [1.165, 1.54) is 18.3 Å². The Labute approximate surface area is 111 Å². The van der Waals surface area contributed by atoms with Crippen LogP contribution in [0.3, 0.4) is 0 Å². The van der Waals surface area contributed by atoms with Crippen molar-refractivity contribution in [1.29, 1.82) is 0 Å². The van der Waals surface area contributed by atoms with E-state index in [0.29, 0.717) is 0 Å². The third-order valence-corrected chi connectivity index (χ3v) is 4.66. The summed E-state index contributed by atoms with van der Waals surface area (Å²) < 4.78 is 26.6. The van der Waals surface area contributed by atoms with Crippen LogP contribution in [0.25, 0.3) is 0 Å². The first-order chi connectivity index (χ1) is 7.99. The molecule has 0 saturated carbocycles. The first-order valence-electron chi connectivity index (χ1n) is 5.12. The van der Waals surface area contributed by atoms with Crippen LogP contribution in [-0.2, 0) is 10.0 Å². The summed E-state index contributed by atoms with van der Waals surface area (Å²) in [5, 5.41) is 0.278. The van der Waals surface area contributed by atoms with Gasteiger partial charge in [0.15, 0.2) is 0 Å². The van der Waals surface area contributed by atoms with Gasteiger partial charge in [-0.3, -0.25) is 0 Å². The van der Waals surface area contributed by atoms with Gasteiger partial charge in [-0.25, -0.2) is 18.1 Å². The van der Waals surface area contributed by atoms with Gasteiger partial charge in [0.25, 0.3) is 0 Å². The molecule has 0 aliphatic rings. The van der Waals surface area contributed by atoms with Gasteiger partial charge in [-0.15, -0.1) is 0 Å². The molecule has 0 amide bonds. The summed E-state index contributed by atoms with van der Waals surface area (Å²) >= 11 is 7.22. The Bertz CT molecular complexity index is 448. The van der Waals surface area contributed by atoms with Crippen LogP contribution in [0.15, 0.2) is 23.2 Å². The van der Waals surface area contributed by atoms with Gasteiger partial charge in [0.2, 0.25) is 10.0 Å². The molecule has 1 aromatic rings. The minimum absolute atomic E-state index is 0.0642. The lowest BCUT2D eigenvalue weighted by Crippen LogP contribution is -2.36. The van der Waals surface area contributed by atoms with Crippen LogP contribution in [0, 0.1) is 0 Å². The van der Waals surface area contributed by atoms with E-state index in [1.807, 2.05) is 13.2 Å². The van der Waals surface area contributed by atoms with Crippen LogP contribution in [0.2, 0.25) is 5.15 Å². The van der Waals surface area contributed by atoms with Gasteiger partial charge < -0.3 is 0 Å². The summed E-state index contributed by atoms with van der Waals surface area (Å²) in [6.07, 6.45) is 3.96. The molecule has 0 fully saturated rings. The number of aromatic nitrogens is 1. The Morgan fingerprint density at radius 2 is 2.24 bits per heavy atom. The molecule has 1 unspecified atom stereocenters. The van der Waals surface area contributed by atoms with Crippen molar-refractivity contribution in [3.05, 3.63) is 23.5 Å². The predicted octanol–water partition coefficient (Wildman–Crippen LogP) is 2.15. The molecule has 0 aromatic carbocycles. The zero-order chi connectivity index (χ0) is 12.9. The van der Waals surface area contributed by atoms with Gasteiger partial charge in [0.05, 0.1) is 0 Å². The fraction of sp³-hybridized carbons (Fsp3) is 0.500. The van der Waals surface area contributed by atoms with Crippen molar-refractivity contribution < 1.29 is 8.42 Å². The minimum Gasteiger partial charge on any atom is -0.243 e. The maximum Gasteiger partial charge on any atom is 0.242 e. The second-order valence-electron chi connectivity index (χ2n) is 3.50. The molecule has 7 heteroatoms. The second kappa shape index (κ2) is 6.58. The second-order valence-corrected chi connectivity index (χ2v) is 6.51. The molecule has 1 aromatic heterocycles. The number of hydrogen-bond acceptors (Lipinski definition) is 4. The van der Waals surface area contributed by atoms with Crippen LogP contribution < -0.4 is 4.72 Å². The van der Waals surface area contributed by atoms with Crippen molar-refractivity contribution in [2.45, 2.75) is 24.3 Å². The lowest BCUT2D eigenvalue weighted by Gasteiger charge is -2.15. The third-order valence-electron chi connectivity index (χ3n) is 2.19. The summed E-state index contributed by atoms with van der Waals surface area (Å²) in [6.45, 7) is 1.95. The Balaban J connectivity index is 2.84. The highest BCUT2D eigenvalue weighted by Gasteiger charge is 2.18. The van der Waals surface area contributed by atoms with E-state index in [0.717, 1.165) is 12.2 Å². The molecule has 0 aliphatic heterocycles. The van der Waals surface area contributed by atoms with E-state index >= 15 is 0 Å². The normalized spacial score (nSPS) is 13.6. The monoisotopic (exact) mass is 294 g/mol. The maximum atomic E-state index is 12.0. The van der Waals surface area contributed by atoms with Gasteiger partial charge in [0.1, 0.15) is 10.0 Å². The molecule has 1 rings (SSSR count). The van der Waals surface area contributed by atoms with Gasteiger partial charge in [-0.05, 0) is 24.8 Å². The first-order valence-corrected chi connectivity index (χ1v) is 8.38. The molecule has 17 heavy (non-hydrogen) atoms. The van der Waals surface area contributed by atoms with E-state index in [9.17, 15) is 8.42 Å². The Kier molecular flexibility index (Phi) is 5.72. The zero-order valence-electron chi connectivity index (χ0n) is 9.68. The molecule has 0 bridgehead atoms. The molecule has 0 saturated heterocycles. The van der Waals surface area contributed by atoms with E-state index in [2.05, 4.69) is 9.71 Å². The van der Waals surface area contributed by atoms with Gasteiger partial charge in [-0.2, -0.15) is 11.8 Å². The summed E-state index contributed by atoms with van der Waals surface area (Å²) in [5.41, 5.74) is 0. The van der Waals surface area contributed by atoms with Crippen LogP contribution >= 0.6 is 23.4 Å². The summed E-state index contributed by atoms with van der Waals surface area (Å²) in [7, 11) is -3.50. The van der Waals surface area contributed by atoms with Crippen LogP contribution in [-0.4, -0.2) is 31.5 Å². The van der Waals surface area contributed by atoms with E-state index < -0.39 is 10.0 Å². The maximum absolute atomic E-state index is 12.0. The van der Waals surface area contributed by atoms with E-state index in [4.69, 9.17) is 11.6 Å². The number of nitrogens with zero attached hydrogens (tertiary/aromatic N) is 1. The average Bonchev–Trinajstić information content (AvgIpc) is 2.28. The van der Waals surface area contributed by atoms with Gasteiger partial charge in [0, 0.05) is 18.0 Å². The third kappa shape index (κ3) is 4.46. The van der Waals surface area contributed by atoms with E-state index in [-0.39, 0.29) is 16.1 Å². The number of sulfonamides is 1. The fourth-order valence-electron chi connectivity index (χ4n) is 1.25. The van der Waals surface area contributed by atoms with Crippen LogP contribution in [0.4, 0.5) is 0 Å². The highest BCUT2D eigenvalue weighted by Crippen LogP contribution is 2.12. The Morgan fingerprint density at radius 1 is 1.53 bits per heavy atom. The lowest BCUT2D eigenvalue weighted by atomic mass is 10.3. The predicted molar refractivity (Wildman–Crippen MR) is 72.0 cm³/mol. The number of thioether (sulfide) groups is 1. The molecular weight excluding hydrogens is 280 g/mol. The van der Waals surface area contributed by atoms with Crippen molar-refractivity contribution in [3.63, 3.8) is 0 Å². The average molecular weight is 295 g/mol. The molecule has 1 N–H and O–H groups in total. The number of hydrogen-bond donors (Lipinski definition) is 1. The topological polar surface area (TPSA) is 59.1 Å². The van der Waals surface area contributed by atoms with Crippen molar-refractivity contribution in [2.24, 2.45) is 0 Å². The van der Waals surface area contributed by atoms with Gasteiger partial charge >= 0.3 is 0 Å². The largest absolute Gasteiger partial charge is 0.243 e. The van der Waals surface area contributed by atoms with Crippen molar-refractivity contribution >= 4 is 33.4 Å². The number of rotatable bonds is 6. The Hall–Kier alpha value is -0.300. The highest BCUT2D eigenvalue weighted by molar-refractivity contribution is 7.98. The summed E-state index contributed by atoms with van der Waals surface area (Å²) in [6, 6.07) is 2.85. The molecule has 4 nitrogen and oxygen atoms in total. The first kappa shape index (κ1) is 14.8. The van der Waals surface area contributed by atoms with Crippen molar-refractivity contribution in [1.82, 2.24) is 9.71 Å². The zero-order valence-corrected chi connectivity index (χ0v) is 12.1. The van der Waals surface area contributed by atoms with Crippen LogP contribution in [0.5, 0.6) is 0 Å². The fourth-order valence-corrected chi connectivity index (χ4v) is 3.45. The number of nitrogens with one attached hydrogen (secondary N) is 1. The van der Waals surface area contributed by atoms with Crippen LogP contribution in [0.1, 0.15) is 13.3 Å². The molecule has 1 heterocycles. The smallest absolute Gasteiger partial charge is 0.242 e. The number of pyridine rings is 1. The van der Waals surface area contributed by atoms with Crippen molar-refractivity contribution in [2.75, 3.05) is 12.0 Å². The Morgan fingerprint density at radius 3 is 2.71 bits per heavy atom.